The highest BCUT2D eigenvalue weighted by molar-refractivity contribution is 5.96. The molecule has 0 spiro atoms. The Bertz CT molecular complexity index is 987. The Morgan fingerprint density at radius 1 is 1.00 bits per heavy atom. The molecule has 1 aliphatic rings. The summed E-state index contributed by atoms with van der Waals surface area (Å²) < 4.78 is 1.91. The molecule has 1 fully saturated rings. The predicted molar refractivity (Wildman–Crippen MR) is 116 cm³/mol. The summed E-state index contributed by atoms with van der Waals surface area (Å²) in [6.45, 7) is 7.25. The second-order valence-corrected chi connectivity index (χ2v) is 7.69. The van der Waals surface area contributed by atoms with Crippen molar-refractivity contribution in [3.8, 4) is 0 Å². The molecule has 0 radical (unpaired) electrons. The highest BCUT2D eigenvalue weighted by Gasteiger charge is 2.20. The number of carbonyl (C=O) groups is 1. The number of nitrogens with one attached hydrogen (secondary N) is 1. The van der Waals surface area contributed by atoms with Crippen LogP contribution < -0.4 is 10.2 Å². The van der Waals surface area contributed by atoms with Crippen LogP contribution >= 0.6 is 0 Å². The lowest BCUT2D eigenvalue weighted by Crippen LogP contribution is -2.26. The summed E-state index contributed by atoms with van der Waals surface area (Å²) in [4.78, 5) is 15.4. The maximum Gasteiger partial charge on any atom is 0.255 e. The Morgan fingerprint density at radius 3 is 2.45 bits per heavy atom. The molecule has 1 amide bonds. The molecule has 3 aromatic rings. The zero-order valence-corrected chi connectivity index (χ0v) is 17.2. The number of amides is 1. The van der Waals surface area contributed by atoms with E-state index in [1.807, 2.05) is 42.8 Å². The average Bonchev–Trinajstić information content (AvgIpc) is 3.36. The third kappa shape index (κ3) is 4.19. The van der Waals surface area contributed by atoms with Gasteiger partial charge in [0.05, 0.1) is 17.8 Å². The molecule has 0 bridgehead atoms. The van der Waals surface area contributed by atoms with Gasteiger partial charge in [0.2, 0.25) is 0 Å². The summed E-state index contributed by atoms with van der Waals surface area (Å²) in [5.74, 6) is -0.0597. The standard InChI is InChI=1S/C24H28N4O/c1-18-23(19(2)28(26-18)17-20-10-4-3-5-11-20)24(29)25-16-21-12-6-7-13-22(21)27-14-8-9-15-27/h3-7,10-13H,8-9,14-17H2,1-2H3,(H,25,29). The maximum absolute atomic E-state index is 13.0. The van der Waals surface area contributed by atoms with Crippen LogP contribution in [0.15, 0.2) is 54.6 Å². The van der Waals surface area contributed by atoms with Gasteiger partial charge in [0.25, 0.3) is 5.91 Å². The van der Waals surface area contributed by atoms with Gasteiger partial charge in [0, 0.05) is 31.0 Å². The lowest BCUT2D eigenvalue weighted by molar-refractivity contribution is 0.0949. The number of aryl methyl sites for hydroxylation is 1. The molecule has 2 aromatic carbocycles. The molecule has 0 atom stereocenters. The smallest absolute Gasteiger partial charge is 0.255 e. The van der Waals surface area contributed by atoms with Gasteiger partial charge in [-0.15, -0.1) is 0 Å². The van der Waals surface area contributed by atoms with E-state index in [2.05, 4.69) is 45.6 Å². The van der Waals surface area contributed by atoms with Crippen molar-refractivity contribution in [2.75, 3.05) is 18.0 Å². The first-order valence-electron chi connectivity index (χ1n) is 10.3. The highest BCUT2D eigenvalue weighted by atomic mass is 16.1. The fourth-order valence-electron chi connectivity index (χ4n) is 4.13. The lowest BCUT2D eigenvalue weighted by atomic mass is 10.1. The van der Waals surface area contributed by atoms with E-state index in [0.29, 0.717) is 18.7 Å². The molecule has 29 heavy (non-hydrogen) atoms. The Balaban J connectivity index is 1.48. The summed E-state index contributed by atoms with van der Waals surface area (Å²) in [6, 6.07) is 18.6. The number of benzene rings is 2. The SMILES string of the molecule is Cc1nn(Cc2ccccc2)c(C)c1C(=O)NCc1ccccc1N1CCCC1. The largest absolute Gasteiger partial charge is 0.371 e. The van der Waals surface area contributed by atoms with Crippen LogP contribution in [0.3, 0.4) is 0 Å². The number of carbonyl (C=O) groups excluding carboxylic acids is 1. The van der Waals surface area contributed by atoms with E-state index in [4.69, 9.17) is 0 Å². The third-order valence-corrected chi connectivity index (χ3v) is 5.66. The number of hydrogen-bond acceptors (Lipinski definition) is 3. The summed E-state index contributed by atoms with van der Waals surface area (Å²) >= 11 is 0. The van der Waals surface area contributed by atoms with Crippen molar-refractivity contribution in [2.45, 2.75) is 39.8 Å². The number of aromatic nitrogens is 2. The van der Waals surface area contributed by atoms with E-state index >= 15 is 0 Å². The summed E-state index contributed by atoms with van der Waals surface area (Å²) in [7, 11) is 0. The van der Waals surface area contributed by atoms with E-state index < -0.39 is 0 Å². The molecule has 5 heteroatoms. The number of hydrogen-bond donors (Lipinski definition) is 1. The fourth-order valence-corrected chi connectivity index (χ4v) is 4.13. The Morgan fingerprint density at radius 2 is 1.69 bits per heavy atom. The molecule has 0 saturated carbocycles. The molecule has 1 aliphatic heterocycles. The summed E-state index contributed by atoms with van der Waals surface area (Å²) in [6.07, 6.45) is 2.47. The van der Waals surface area contributed by atoms with Crippen LogP contribution in [0.4, 0.5) is 5.69 Å². The molecule has 150 valence electrons. The van der Waals surface area contributed by atoms with Gasteiger partial charge >= 0.3 is 0 Å². The first-order valence-corrected chi connectivity index (χ1v) is 10.3. The fraction of sp³-hybridized carbons (Fsp3) is 0.333. The van der Waals surface area contributed by atoms with Gasteiger partial charge in [0.1, 0.15) is 0 Å². The Labute approximate surface area is 172 Å². The van der Waals surface area contributed by atoms with E-state index in [9.17, 15) is 4.79 Å². The van der Waals surface area contributed by atoms with Crippen LogP contribution in [0, 0.1) is 13.8 Å². The molecular formula is C24H28N4O. The predicted octanol–water partition coefficient (Wildman–Crippen LogP) is 4.08. The van der Waals surface area contributed by atoms with E-state index in [0.717, 1.165) is 30.0 Å². The molecule has 1 saturated heterocycles. The maximum atomic E-state index is 13.0. The molecule has 2 heterocycles. The van der Waals surface area contributed by atoms with Crippen molar-refractivity contribution in [3.63, 3.8) is 0 Å². The minimum Gasteiger partial charge on any atom is -0.371 e. The number of para-hydroxylation sites is 1. The van der Waals surface area contributed by atoms with Gasteiger partial charge in [0.15, 0.2) is 0 Å². The number of nitrogens with zero attached hydrogens (tertiary/aromatic N) is 3. The Kier molecular flexibility index (Phi) is 5.65. The van der Waals surface area contributed by atoms with Crippen LogP contribution in [0.25, 0.3) is 0 Å². The van der Waals surface area contributed by atoms with Gasteiger partial charge in [-0.2, -0.15) is 5.10 Å². The van der Waals surface area contributed by atoms with Crippen LogP contribution in [0.1, 0.15) is 45.7 Å². The van der Waals surface area contributed by atoms with Gasteiger partial charge < -0.3 is 10.2 Å². The van der Waals surface area contributed by atoms with E-state index in [1.54, 1.807) is 0 Å². The number of anilines is 1. The van der Waals surface area contributed by atoms with Gasteiger partial charge in [-0.3, -0.25) is 9.48 Å². The van der Waals surface area contributed by atoms with Crippen LogP contribution in [0.2, 0.25) is 0 Å². The van der Waals surface area contributed by atoms with Crippen molar-refractivity contribution in [3.05, 3.63) is 82.7 Å². The molecule has 0 aliphatic carbocycles. The normalized spacial score (nSPS) is 13.7. The lowest BCUT2D eigenvalue weighted by Gasteiger charge is -2.21. The van der Waals surface area contributed by atoms with Crippen molar-refractivity contribution in [1.82, 2.24) is 15.1 Å². The summed E-state index contributed by atoms with van der Waals surface area (Å²) in [5, 5.41) is 7.73. The average molecular weight is 389 g/mol. The molecular weight excluding hydrogens is 360 g/mol. The summed E-state index contributed by atoms with van der Waals surface area (Å²) in [5.41, 5.74) is 5.91. The Hall–Kier alpha value is -3.08. The van der Waals surface area contributed by atoms with Crippen molar-refractivity contribution < 1.29 is 4.79 Å². The van der Waals surface area contributed by atoms with Crippen molar-refractivity contribution >= 4 is 11.6 Å². The second-order valence-electron chi connectivity index (χ2n) is 7.69. The van der Waals surface area contributed by atoms with Gasteiger partial charge in [-0.05, 0) is 43.9 Å². The van der Waals surface area contributed by atoms with E-state index in [-0.39, 0.29) is 5.91 Å². The first kappa shape index (κ1) is 19.2. The highest BCUT2D eigenvalue weighted by Crippen LogP contribution is 2.24. The minimum atomic E-state index is -0.0597. The molecule has 0 unspecified atom stereocenters. The zero-order chi connectivity index (χ0) is 20.2. The molecule has 4 rings (SSSR count). The van der Waals surface area contributed by atoms with E-state index in [1.165, 1.54) is 24.1 Å². The van der Waals surface area contributed by atoms with Gasteiger partial charge in [-0.25, -0.2) is 0 Å². The first-order chi connectivity index (χ1) is 14.1. The second kappa shape index (κ2) is 8.52. The van der Waals surface area contributed by atoms with Crippen molar-refractivity contribution in [2.24, 2.45) is 0 Å². The third-order valence-electron chi connectivity index (χ3n) is 5.66. The molecule has 1 N–H and O–H groups in total. The minimum absolute atomic E-state index is 0.0597. The monoisotopic (exact) mass is 388 g/mol. The number of rotatable bonds is 6. The zero-order valence-electron chi connectivity index (χ0n) is 17.2. The topological polar surface area (TPSA) is 50.2 Å². The van der Waals surface area contributed by atoms with Crippen LogP contribution in [-0.2, 0) is 13.1 Å². The van der Waals surface area contributed by atoms with Gasteiger partial charge in [-0.1, -0.05) is 48.5 Å². The quantitative estimate of drug-likeness (QED) is 0.692. The van der Waals surface area contributed by atoms with Crippen LogP contribution in [-0.4, -0.2) is 28.8 Å². The van der Waals surface area contributed by atoms with Crippen LogP contribution in [0.5, 0.6) is 0 Å². The molecule has 5 nitrogen and oxygen atoms in total. The van der Waals surface area contributed by atoms with Crippen molar-refractivity contribution in [1.29, 1.82) is 0 Å². The molecule has 1 aromatic heterocycles.